The Balaban J connectivity index is 1.61. The van der Waals surface area contributed by atoms with Crippen LogP contribution in [0.3, 0.4) is 0 Å². The van der Waals surface area contributed by atoms with E-state index in [4.69, 9.17) is 4.52 Å². The Morgan fingerprint density at radius 2 is 1.69 bits per heavy atom. The number of guanidine groups is 1. The van der Waals surface area contributed by atoms with E-state index in [2.05, 4.69) is 10.1 Å². The highest BCUT2D eigenvalue weighted by Gasteiger charge is 2.09. The molecule has 0 saturated carbocycles. The van der Waals surface area contributed by atoms with Crippen molar-refractivity contribution < 1.29 is 8.91 Å². The van der Waals surface area contributed by atoms with Crippen LogP contribution in [0.1, 0.15) is 17.0 Å². The fourth-order valence-corrected chi connectivity index (χ4v) is 3.22. The summed E-state index contributed by atoms with van der Waals surface area (Å²) in [6, 6.07) is 16.9. The minimum atomic E-state index is -0.207. The monoisotopic (exact) mass is 394 g/mol. The third-order valence-corrected chi connectivity index (χ3v) is 4.57. The molecular weight excluding hydrogens is 367 g/mol. The third-order valence-electron chi connectivity index (χ3n) is 4.57. The quantitative estimate of drug-likeness (QED) is 0.463. The number of benzene rings is 2. The van der Waals surface area contributed by atoms with E-state index in [-0.39, 0.29) is 5.82 Å². The second-order valence-corrected chi connectivity index (χ2v) is 7.37. The average molecular weight is 394 g/mol. The van der Waals surface area contributed by atoms with Crippen molar-refractivity contribution in [2.24, 2.45) is 4.99 Å². The molecule has 0 atom stereocenters. The maximum absolute atomic E-state index is 14.5. The van der Waals surface area contributed by atoms with Crippen molar-refractivity contribution in [3.8, 4) is 11.1 Å². The molecule has 29 heavy (non-hydrogen) atoms. The Labute approximate surface area is 171 Å². The molecule has 1 heterocycles. The first-order valence-electron chi connectivity index (χ1n) is 9.61. The van der Waals surface area contributed by atoms with E-state index in [0.29, 0.717) is 24.9 Å². The van der Waals surface area contributed by atoms with Crippen LogP contribution >= 0.6 is 0 Å². The highest BCUT2D eigenvalue weighted by Crippen LogP contribution is 2.24. The molecule has 152 valence electrons. The van der Waals surface area contributed by atoms with Gasteiger partial charge in [-0.05, 0) is 23.6 Å². The summed E-state index contributed by atoms with van der Waals surface area (Å²) in [4.78, 5) is 8.48. The van der Waals surface area contributed by atoms with Gasteiger partial charge in [-0.25, -0.2) is 9.38 Å². The summed E-state index contributed by atoms with van der Waals surface area (Å²) in [5, 5.41) is 4.10. The lowest BCUT2D eigenvalue weighted by atomic mass is 10.0. The Hall–Kier alpha value is -3.15. The first kappa shape index (κ1) is 20.6. The Morgan fingerprint density at radius 3 is 2.34 bits per heavy atom. The van der Waals surface area contributed by atoms with E-state index in [1.54, 1.807) is 6.07 Å². The van der Waals surface area contributed by atoms with Gasteiger partial charge in [0.15, 0.2) is 5.96 Å². The van der Waals surface area contributed by atoms with Gasteiger partial charge in [-0.15, -0.1) is 0 Å². The maximum Gasteiger partial charge on any atom is 0.195 e. The number of nitrogens with zero attached hydrogens (tertiary/aromatic N) is 4. The second kappa shape index (κ2) is 9.37. The van der Waals surface area contributed by atoms with Crippen LogP contribution in [0.4, 0.5) is 4.39 Å². The molecule has 0 unspecified atom stereocenters. The minimum absolute atomic E-state index is 0.207. The van der Waals surface area contributed by atoms with E-state index < -0.39 is 0 Å². The molecule has 0 aliphatic heterocycles. The zero-order chi connectivity index (χ0) is 20.8. The summed E-state index contributed by atoms with van der Waals surface area (Å²) in [5.41, 5.74) is 3.21. The fraction of sp³-hybridized carbons (Fsp3) is 0.304. The van der Waals surface area contributed by atoms with Gasteiger partial charge in [0.1, 0.15) is 17.3 Å². The molecule has 0 aliphatic carbocycles. The van der Waals surface area contributed by atoms with Crippen LogP contribution in [0.5, 0.6) is 0 Å². The van der Waals surface area contributed by atoms with Crippen molar-refractivity contribution >= 4 is 5.96 Å². The first-order chi connectivity index (χ1) is 13.9. The number of aromatic nitrogens is 1. The van der Waals surface area contributed by atoms with E-state index in [0.717, 1.165) is 28.5 Å². The predicted octanol–water partition coefficient (Wildman–Crippen LogP) is 4.25. The molecule has 0 amide bonds. The molecular formula is C23H27FN4O. The van der Waals surface area contributed by atoms with Crippen molar-refractivity contribution in [3.05, 3.63) is 77.4 Å². The second-order valence-electron chi connectivity index (χ2n) is 7.37. The van der Waals surface area contributed by atoms with Crippen molar-refractivity contribution in [1.29, 1.82) is 0 Å². The van der Waals surface area contributed by atoms with E-state index >= 15 is 0 Å². The molecule has 5 nitrogen and oxygen atoms in total. The van der Waals surface area contributed by atoms with Crippen molar-refractivity contribution in [2.45, 2.75) is 19.4 Å². The zero-order valence-corrected chi connectivity index (χ0v) is 17.4. The highest BCUT2D eigenvalue weighted by atomic mass is 19.1. The van der Waals surface area contributed by atoms with Gasteiger partial charge in [-0.2, -0.15) is 0 Å². The van der Waals surface area contributed by atoms with Gasteiger partial charge in [0, 0.05) is 46.2 Å². The molecule has 3 rings (SSSR count). The lowest BCUT2D eigenvalue weighted by Crippen LogP contribution is -2.35. The van der Waals surface area contributed by atoms with Gasteiger partial charge in [0.05, 0.1) is 6.54 Å². The van der Waals surface area contributed by atoms with Crippen LogP contribution < -0.4 is 0 Å². The number of halogens is 1. The lowest BCUT2D eigenvalue weighted by molar-refractivity contribution is 0.377. The highest BCUT2D eigenvalue weighted by molar-refractivity contribution is 5.79. The smallest absolute Gasteiger partial charge is 0.195 e. The molecule has 1 aromatic heterocycles. The van der Waals surface area contributed by atoms with E-state index in [9.17, 15) is 4.39 Å². The SMILES string of the molecule is CN(C)C(=NCc1cc(CCc2ccc(-c3ccccc3)c(F)c2)on1)N(C)C. The van der Waals surface area contributed by atoms with Crippen molar-refractivity contribution in [2.75, 3.05) is 28.2 Å². The summed E-state index contributed by atoms with van der Waals surface area (Å²) in [6.07, 6.45) is 1.35. The summed E-state index contributed by atoms with van der Waals surface area (Å²) in [5.74, 6) is 1.43. The summed E-state index contributed by atoms with van der Waals surface area (Å²) in [7, 11) is 7.81. The van der Waals surface area contributed by atoms with Gasteiger partial charge >= 0.3 is 0 Å². The molecule has 0 N–H and O–H groups in total. The van der Waals surface area contributed by atoms with Crippen LogP contribution in [-0.2, 0) is 19.4 Å². The topological polar surface area (TPSA) is 44.9 Å². The summed E-state index contributed by atoms with van der Waals surface area (Å²) >= 11 is 0. The number of aryl methyl sites for hydroxylation is 2. The molecule has 0 radical (unpaired) electrons. The number of hydrogen-bond donors (Lipinski definition) is 0. The first-order valence-corrected chi connectivity index (χ1v) is 9.61. The van der Waals surface area contributed by atoms with Gasteiger partial charge in [-0.3, -0.25) is 0 Å². The van der Waals surface area contributed by atoms with E-state index in [1.165, 1.54) is 0 Å². The van der Waals surface area contributed by atoms with Gasteiger partial charge in [0.25, 0.3) is 0 Å². The van der Waals surface area contributed by atoms with E-state index in [1.807, 2.05) is 86.5 Å². The summed E-state index contributed by atoms with van der Waals surface area (Å²) in [6.45, 7) is 0.454. The van der Waals surface area contributed by atoms with Crippen LogP contribution in [0.15, 0.2) is 64.1 Å². The van der Waals surface area contributed by atoms with Crippen LogP contribution in [0.25, 0.3) is 11.1 Å². The molecule has 0 fully saturated rings. The van der Waals surface area contributed by atoms with Crippen LogP contribution in [0, 0.1) is 5.82 Å². The molecule has 0 spiro atoms. The van der Waals surface area contributed by atoms with Crippen LogP contribution in [0.2, 0.25) is 0 Å². The Kier molecular flexibility index (Phi) is 6.65. The number of hydrogen-bond acceptors (Lipinski definition) is 3. The number of aliphatic imine (C=N–C) groups is 1. The lowest BCUT2D eigenvalue weighted by Gasteiger charge is -2.22. The standard InChI is InChI=1S/C23H27FN4O/c1-27(2)23(28(3)4)25-16-19-15-20(29-26-19)12-10-17-11-13-21(22(24)14-17)18-8-6-5-7-9-18/h5-9,11,13-15H,10,12,16H2,1-4H3. The molecule has 0 bridgehead atoms. The maximum atomic E-state index is 14.5. The molecule has 2 aromatic carbocycles. The van der Waals surface area contributed by atoms with Gasteiger partial charge in [0.2, 0.25) is 0 Å². The molecule has 0 saturated heterocycles. The number of rotatable bonds is 6. The molecule has 3 aromatic rings. The fourth-order valence-electron chi connectivity index (χ4n) is 3.22. The Bertz CT molecular complexity index is 954. The normalized spacial score (nSPS) is 10.7. The molecule has 6 heteroatoms. The van der Waals surface area contributed by atoms with Gasteiger partial charge < -0.3 is 14.3 Å². The summed E-state index contributed by atoms with van der Waals surface area (Å²) < 4.78 is 19.9. The Morgan fingerprint density at radius 1 is 0.966 bits per heavy atom. The predicted molar refractivity (Wildman–Crippen MR) is 114 cm³/mol. The average Bonchev–Trinajstić information content (AvgIpc) is 3.14. The van der Waals surface area contributed by atoms with Gasteiger partial charge in [-0.1, -0.05) is 47.6 Å². The van der Waals surface area contributed by atoms with Crippen molar-refractivity contribution in [3.63, 3.8) is 0 Å². The molecule has 0 aliphatic rings. The minimum Gasteiger partial charge on any atom is -0.361 e. The van der Waals surface area contributed by atoms with Crippen LogP contribution in [-0.4, -0.2) is 49.1 Å². The van der Waals surface area contributed by atoms with Crippen molar-refractivity contribution in [1.82, 2.24) is 15.0 Å². The largest absolute Gasteiger partial charge is 0.361 e. The third kappa shape index (κ3) is 5.44. The zero-order valence-electron chi connectivity index (χ0n) is 17.4.